The molecular weight excluding hydrogens is 246 g/mol. The Bertz CT molecular complexity index is 450. The smallest absolute Gasteiger partial charge is 0.249 e. The van der Waals surface area contributed by atoms with Crippen LogP contribution in [0.15, 0.2) is 40.9 Å². The normalized spacial score (nSPS) is 10.1. The Labute approximate surface area is 88.8 Å². The predicted molar refractivity (Wildman–Crippen MR) is 55.2 cm³/mol. The highest BCUT2D eigenvalue weighted by atomic mass is 79.9. The van der Waals surface area contributed by atoms with Gasteiger partial charge in [0.05, 0.1) is 0 Å². The summed E-state index contributed by atoms with van der Waals surface area (Å²) >= 11 is 2.81. The van der Waals surface area contributed by atoms with E-state index in [1.807, 2.05) is 30.3 Å². The van der Waals surface area contributed by atoms with E-state index in [0.29, 0.717) is 5.76 Å². The molecule has 2 rings (SSSR count). The molecule has 0 unspecified atom stereocenters. The molecule has 14 heavy (non-hydrogen) atoms. The molecule has 0 aliphatic carbocycles. The summed E-state index contributed by atoms with van der Waals surface area (Å²) in [6.45, 7) is 0. The average molecular weight is 252 g/mol. The molecule has 0 bridgehead atoms. The van der Waals surface area contributed by atoms with Crippen molar-refractivity contribution in [3.63, 3.8) is 0 Å². The molecule has 1 aromatic carbocycles. The zero-order valence-corrected chi connectivity index (χ0v) is 8.69. The van der Waals surface area contributed by atoms with Gasteiger partial charge in [-0.25, -0.2) is 0 Å². The van der Waals surface area contributed by atoms with E-state index < -0.39 is 0 Å². The van der Waals surface area contributed by atoms with Crippen molar-refractivity contribution in [1.29, 1.82) is 0 Å². The molecular formula is C10H6BrNO2. The summed E-state index contributed by atoms with van der Waals surface area (Å²) in [7, 11) is 0. The molecule has 3 nitrogen and oxygen atoms in total. The van der Waals surface area contributed by atoms with Crippen LogP contribution in [0.25, 0.3) is 11.3 Å². The minimum Gasteiger partial charge on any atom is -0.356 e. The average Bonchev–Trinajstić information content (AvgIpc) is 2.68. The summed E-state index contributed by atoms with van der Waals surface area (Å²) in [6.07, 6.45) is 0. The topological polar surface area (TPSA) is 43.1 Å². The quantitative estimate of drug-likeness (QED) is 0.772. The molecule has 0 amide bonds. The van der Waals surface area contributed by atoms with Crippen LogP contribution in [0.5, 0.6) is 0 Å². The number of rotatable bonds is 2. The van der Waals surface area contributed by atoms with E-state index >= 15 is 0 Å². The Hall–Kier alpha value is -1.42. The van der Waals surface area contributed by atoms with Crippen LogP contribution < -0.4 is 0 Å². The van der Waals surface area contributed by atoms with Crippen molar-refractivity contribution >= 4 is 20.6 Å². The van der Waals surface area contributed by atoms with Gasteiger partial charge in [0.2, 0.25) is 4.69 Å². The number of carbonyl (C=O) groups is 1. The van der Waals surface area contributed by atoms with Gasteiger partial charge in [-0.3, -0.25) is 4.79 Å². The molecule has 0 aliphatic heterocycles. The van der Waals surface area contributed by atoms with Crippen molar-refractivity contribution in [2.24, 2.45) is 0 Å². The van der Waals surface area contributed by atoms with Gasteiger partial charge in [-0.15, -0.1) is 0 Å². The van der Waals surface area contributed by atoms with Crippen molar-refractivity contribution in [3.05, 3.63) is 42.1 Å². The van der Waals surface area contributed by atoms with E-state index in [4.69, 9.17) is 4.52 Å². The number of nitrogens with zero attached hydrogens (tertiary/aromatic N) is 1. The van der Waals surface area contributed by atoms with Crippen LogP contribution in [-0.2, 0) is 0 Å². The number of carbonyl (C=O) groups excluding carboxylic acids is 1. The first-order valence-electron chi connectivity index (χ1n) is 3.99. The zero-order chi connectivity index (χ0) is 9.97. The Morgan fingerprint density at radius 3 is 2.57 bits per heavy atom. The number of aromatic nitrogens is 1. The third-order valence-corrected chi connectivity index (χ3v) is 2.18. The molecule has 1 heterocycles. The molecule has 0 fully saturated rings. The molecule has 0 saturated heterocycles. The lowest BCUT2D eigenvalue weighted by Gasteiger charge is -1.91. The van der Waals surface area contributed by atoms with Gasteiger partial charge in [0, 0.05) is 11.6 Å². The fourth-order valence-electron chi connectivity index (χ4n) is 1.11. The van der Waals surface area contributed by atoms with E-state index in [0.717, 1.165) is 5.56 Å². The molecule has 0 spiro atoms. The van der Waals surface area contributed by atoms with E-state index in [9.17, 15) is 4.79 Å². The molecule has 2 aromatic rings. The van der Waals surface area contributed by atoms with Gasteiger partial charge in [-0.1, -0.05) is 35.5 Å². The lowest BCUT2D eigenvalue weighted by atomic mass is 10.2. The third kappa shape index (κ3) is 1.75. The first kappa shape index (κ1) is 9.15. The van der Waals surface area contributed by atoms with Crippen LogP contribution in [0.1, 0.15) is 10.5 Å². The van der Waals surface area contributed by atoms with Crippen molar-refractivity contribution in [2.75, 3.05) is 0 Å². The molecule has 0 aliphatic rings. The highest BCUT2D eigenvalue weighted by Gasteiger charge is 2.10. The number of hydrogen-bond donors (Lipinski definition) is 0. The van der Waals surface area contributed by atoms with Crippen LogP contribution >= 0.6 is 15.9 Å². The summed E-state index contributed by atoms with van der Waals surface area (Å²) in [4.78, 5) is 10.9. The van der Waals surface area contributed by atoms with Crippen molar-refractivity contribution in [2.45, 2.75) is 0 Å². The highest BCUT2D eigenvalue weighted by molar-refractivity contribution is 9.18. The molecule has 0 atom stereocenters. The van der Waals surface area contributed by atoms with Gasteiger partial charge in [0.1, 0.15) is 0 Å². The van der Waals surface area contributed by atoms with E-state index in [2.05, 4.69) is 21.1 Å². The molecule has 4 heteroatoms. The third-order valence-electron chi connectivity index (χ3n) is 1.77. The minimum absolute atomic E-state index is 0.275. The summed E-state index contributed by atoms with van der Waals surface area (Å²) < 4.78 is 4.74. The summed E-state index contributed by atoms with van der Waals surface area (Å²) in [5.74, 6) is 0.591. The summed E-state index contributed by atoms with van der Waals surface area (Å²) in [6, 6.07) is 11.1. The van der Waals surface area contributed by atoms with Crippen molar-refractivity contribution in [1.82, 2.24) is 5.16 Å². The van der Waals surface area contributed by atoms with Gasteiger partial charge < -0.3 is 4.52 Å². The second kappa shape index (κ2) is 3.75. The van der Waals surface area contributed by atoms with Gasteiger partial charge in [0.15, 0.2) is 11.5 Å². The molecule has 1 aromatic heterocycles. The Morgan fingerprint density at radius 2 is 2.00 bits per heavy atom. The SMILES string of the molecule is O=C(Br)c1cc(-c2ccccc2)on1. The summed E-state index contributed by atoms with van der Waals surface area (Å²) in [5.41, 5.74) is 1.18. The van der Waals surface area contributed by atoms with Gasteiger partial charge >= 0.3 is 0 Å². The Morgan fingerprint density at radius 1 is 1.29 bits per heavy atom. The monoisotopic (exact) mass is 251 g/mol. The highest BCUT2D eigenvalue weighted by Crippen LogP contribution is 2.20. The number of benzene rings is 1. The first-order valence-corrected chi connectivity index (χ1v) is 4.78. The van der Waals surface area contributed by atoms with Crippen LogP contribution in [0.3, 0.4) is 0 Å². The zero-order valence-electron chi connectivity index (χ0n) is 7.11. The predicted octanol–water partition coefficient (Wildman–Crippen LogP) is 2.88. The fourth-order valence-corrected chi connectivity index (χ4v) is 1.29. The maximum atomic E-state index is 10.9. The van der Waals surface area contributed by atoms with Crippen molar-refractivity contribution < 1.29 is 9.32 Å². The maximum absolute atomic E-state index is 10.9. The van der Waals surface area contributed by atoms with Crippen LogP contribution in [0.2, 0.25) is 0 Å². The van der Waals surface area contributed by atoms with E-state index in [-0.39, 0.29) is 10.4 Å². The first-order chi connectivity index (χ1) is 6.77. The van der Waals surface area contributed by atoms with E-state index in [1.54, 1.807) is 6.07 Å². The van der Waals surface area contributed by atoms with Crippen LogP contribution in [0, 0.1) is 0 Å². The lowest BCUT2D eigenvalue weighted by Crippen LogP contribution is -1.84. The fraction of sp³-hybridized carbons (Fsp3) is 0. The molecule has 70 valence electrons. The van der Waals surface area contributed by atoms with E-state index in [1.165, 1.54) is 0 Å². The Balaban J connectivity index is 2.39. The standard InChI is InChI=1S/C10H6BrNO2/c11-10(13)8-6-9(14-12-8)7-4-2-1-3-5-7/h1-6H. The van der Waals surface area contributed by atoms with Crippen molar-refractivity contribution in [3.8, 4) is 11.3 Å². The van der Waals surface area contributed by atoms with Crippen LogP contribution in [0.4, 0.5) is 0 Å². The number of halogens is 1. The molecule has 0 N–H and O–H groups in total. The minimum atomic E-state index is -0.275. The largest absolute Gasteiger partial charge is 0.356 e. The van der Waals surface area contributed by atoms with Gasteiger partial charge in [-0.2, -0.15) is 0 Å². The lowest BCUT2D eigenvalue weighted by molar-refractivity contribution is 0.108. The molecule has 0 saturated carbocycles. The summed E-state index contributed by atoms with van der Waals surface area (Å²) in [5, 5.41) is 3.62. The maximum Gasteiger partial charge on any atom is 0.249 e. The number of hydrogen-bond acceptors (Lipinski definition) is 3. The van der Waals surface area contributed by atoms with Crippen LogP contribution in [-0.4, -0.2) is 9.85 Å². The Kier molecular flexibility index (Phi) is 2.45. The second-order valence-electron chi connectivity index (χ2n) is 2.72. The molecule has 0 radical (unpaired) electrons. The second-order valence-corrected chi connectivity index (χ2v) is 3.44. The van der Waals surface area contributed by atoms with Gasteiger partial charge in [0.25, 0.3) is 0 Å². The van der Waals surface area contributed by atoms with Gasteiger partial charge in [-0.05, 0) is 15.9 Å².